The Morgan fingerprint density at radius 3 is 2.38 bits per heavy atom. The van der Waals surface area contributed by atoms with Gasteiger partial charge in [0, 0.05) is 40.4 Å². The van der Waals surface area contributed by atoms with E-state index in [1.165, 1.54) is 24.2 Å². The van der Waals surface area contributed by atoms with Gasteiger partial charge in [-0.1, -0.05) is 97.1 Å². The lowest BCUT2D eigenvalue weighted by molar-refractivity contribution is -0.139. The first-order valence-electron chi connectivity index (χ1n) is 13.3. The van der Waals surface area contributed by atoms with Gasteiger partial charge >= 0.3 is 0 Å². The third-order valence-electron chi connectivity index (χ3n) is 7.02. The molecule has 1 saturated carbocycles. The van der Waals surface area contributed by atoms with Crippen LogP contribution in [0.1, 0.15) is 48.8 Å². The van der Waals surface area contributed by atoms with Crippen LogP contribution in [0.3, 0.4) is 0 Å². The molecule has 39 heavy (non-hydrogen) atoms. The molecule has 2 amide bonds. The Hall–Kier alpha value is -2.54. The van der Waals surface area contributed by atoms with Crippen LogP contribution < -0.4 is 5.32 Å². The molecule has 0 bridgehead atoms. The Morgan fingerprint density at radius 1 is 0.949 bits per heavy atom. The van der Waals surface area contributed by atoms with Gasteiger partial charge in [0.15, 0.2) is 0 Å². The van der Waals surface area contributed by atoms with Gasteiger partial charge in [-0.2, -0.15) is 0 Å². The number of hydrogen-bond donors (Lipinski definition) is 1. The summed E-state index contributed by atoms with van der Waals surface area (Å²) in [6.07, 6.45) is 5.54. The van der Waals surface area contributed by atoms with E-state index < -0.39 is 11.9 Å². The van der Waals surface area contributed by atoms with E-state index in [4.69, 9.17) is 23.2 Å². The minimum atomic E-state index is -0.777. The van der Waals surface area contributed by atoms with Crippen molar-refractivity contribution < 1.29 is 14.0 Å². The van der Waals surface area contributed by atoms with E-state index in [1.54, 1.807) is 35.2 Å². The molecule has 206 valence electrons. The van der Waals surface area contributed by atoms with Crippen molar-refractivity contribution >= 4 is 46.8 Å². The molecule has 0 aromatic heterocycles. The second-order valence-electron chi connectivity index (χ2n) is 9.89. The summed E-state index contributed by atoms with van der Waals surface area (Å²) in [7, 11) is 0. The molecule has 0 radical (unpaired) electrons. The van der Waals surface area contributed by atoms with Gasteiger partial charge in [-0.25, -0.2) is 4.39 Å². The highest BCUT2D eigenvalue weighted by Gasteiger charge is 2.32. The van der Waals surface area contributed by atoms with E-state index in [0.717, 1.165) is 36.8 Å². The van der Waals surface area contributed by atoms with Crippen molar-refractivity contribution in [2.45, 2.75) is 62.9 Å². The van der Waals surface area contributed by atoms with Gasteiger partial charge in [-0.3, -0.25) is 9.59 Å². The lowest BCUT2D eigenvalue weighted by Crippen LogP contribution is -2.53. The number of benzene rings is 3. The van der Waals surface area contributed by atoms with Crippen LogP contribution in [0.2, 0.25) is 10.0 Å². The normalized spacial score (nSPS) is 14.5. The van der Waals surface area contributed by atoms with E-state index in [-0.39, 0.29) is 30.2 Å². The smallest absolute Gasteiger partial charge is 0.243 e. The maximum absolute atomic E-state index is 14.8. The third kappa shape index (κ3) is 8.72. The number of hydrogen-bond acceptors (Lipinski definition) is 3. The molecule has 0 heterocycles. The van der Waals surface area contributed by atoms with Crippen molar-refractivity contribution in [3.63, 3.8) is 0 Å². The van der Waals surface area contributed by atoms with Crippen molar-refractivity contribution in [3.05, 3.63) is 105 Å². The van der Waals surface area contributed by atoms with Crippen LogP contribution in [0.15, 0.2) is 72.8 Å². The van der Waals surface area contributed by atoms with Crippen LogP contribution in [0.25, 0.3) is 0 Å². The summed E-state index contributed by atoms with van der Waals surface area (Å²) in [6, 6.07) is 20.7. The topological polar surface area (TPSA) is 49.4 Å². The summed E-state index contributed by atoms with van der Waals surface area (Å²) in [5.74, 6) is -0.196. The van der Waals surface area contributed by atoms with Crippen LogP contribution >= 0.6 is 35.0 Å². The van der Waals surface area contributed by atoms with Gasteiger partial charge < -0.3 is 10.2 Å². The van der Waals surface area contributed by atoms with Gasteiger partial charge in [0.1, 0.15) is 11.9 Å². The molecule has 4 nitrogen and oxygen atoms in total. The number of amides is 2. The average molecular weight is 588 g/mol. The van der Waals surface area contributed by atoms with Crippen LogP contribution in [0, 0.1) is 5.82 Å². The molecule has 8 heteroatoms. The highest BCUT2D eigenvalue weighted by atomic mass is 35.5. The monoisotopic (exact) mass is 586 g/mol. The zero-order chi connectivity index (χ0) is 27.6. The SMILES string of the molecule is O=C(NC1CCCCC1)[C@@H](Cc1ccccc1)N(Cc1ccccc1F)C(=O)CSCc1ccc(Cl)cc1Cl. The van der Waals surface area contributed by atoms with Gasteiger partial charge in [0.2, 0.25) is 11.8 Å². The molecule has 0 aliphatic heterocycles. The maximum Gasteiger partial charge on any atom is 0.243 e. The van der Waals surface area contributed by atoms with Crippen molar-refractivity contribution in [2.24, 2.45) is 0 Å². The van der Waals surface area contributed by atoms with Crippen molar-refractivity contribution in [1.82, 2.24) is 10.2 Å². The van der Waals surface area contributed by atoms with Crippen LogP contribution in [-0.2, 0) is 28.3 Å². The molecule has 3 aromatic carbocycles. The second kappa shape index (κ2) is 14.7. The van der Waals surface area contributed by atoms with Crippen molar-refractivity contribution in [3.8, 4) is 0 Å². The molecule has 1 fully saturated rings. The first-order valence-corrected chi connectivity index (χ1v) is 15.2. The minimum absolute atomic E-state index is 0.00333. The minimum Gasteiger partial charge on any atom is -0.352 e. The molecule has 1 aliphatic carbocycles. The van der Waals surface area contributed by atoms with Crippen molar-refractivity contribution in [1.29, 1.82) is 0 Å². The standard InChI is InChI=1S/C31H33Cl2FN2O2S/c32-25-16-15-24(27(33)18-25)20-39-21-30(37)36(19-23-11-7-8-14-28(23)34)29(17-22-9-3-1-4-10-22)31(38)35-26-12-5-2-6-13-26/h1,3-4,7-11,14-16,18,26,29H,2,5-6,12-13,17,19-21H2,(H,35,38)/t29-/m1/s1. The molecule has 3 aromatic rings. The highest BCUT2D eigenvalue weighted by Crippen LogP contribution is 2.26. The molecule has 4 rings (SSSR count). The van der Waals surface area contributed by atoms with Crippen molar-refractivity contribution in [2.75, 3.05) is 5.75 Å². The molecular weight excluding hydrogens is 554 g/mol. The summed E-state index contributed by atoms with van der Waals surface area (Å²) in [5.41, 5.74) is 2.18. The van der Waals surface area contributed by atoms with Crippen LogP contribution in [-0.4, -0.2) is 34.6 Å². The van der Waals surface area contributed by atoms with Gasteiger partial charge in [-0.15, -0.1) is 11.8 Å². The average Bonchev–Trinajstić information content (AvgIpc) is 2.94. The molecular formula is C31H33Cl2FN2O2S. The van der Waals surface area contributed by atoms with Gasteiger partial charge in [0.05, 0.1) is 5.75 Å². The largest absolute Gasteiger partial charge is 0.352 e. The third-order valence-corrected chi connectivity index (χ3v) is 8.57. The van der Waals surface area contributed by atoms with E-state index in [0.29, 0.717) is 27.8 Å². The number of carbonyl (C=O) groups excluding carboxylic acids is 2. The predicted octanol–water partition coefficient (Wildman–Crippen LogP) is 7.45. The number of rotatable bonds is 11. The van der Waals surface area contributed by atoms with E-state index in [1.807, 2.05) is 36.4 Å². The summed E-state index contributed by atoms with van der Waals surface area (Å²) >= 11 is 13.7. The van der Waals surface area contributed by atoms with Crippen LogP contribution in [0.4, 0.5) is 4.39 Å². The van der Waals surface area contributed by atoms with E-state index in [9.17, 15) is 14.0 Å². The Balaban J connectivity index is 1.57. The summed E-state index contributed by atoms with van der Waals surface area (Å²) in [4.78, 5) is 29.1. The van der Waals surface area contributed by atoms with Gasteiger partial charge in [-0.05, 0) is 42.2 Å². The molecule has 0 unspecified atom stereocenters. The fourth-order valence-electron chi connectivity index (χ4n) is 4.88. The summed E-state index contributed by atoms with van der Waals surface area (Å²) < 4.78 is 14.8. The predicted molar refractivity (Wildman–Crippen MR) is 159 cm³/mol. The Bertz CT molecular complexity index is 1250. The zero-order valence-corrected chi connectivity index (χ0v) is 24.1. The highest BCUT2D eigenvalue weighted by molar-refractivity contribution is 7.99. The lowest BCUT2D eigenvalue weighted by atomic mass is 9.94. The Labute approximate surface area is 244 Å². The lowest BCUT2D eigenvalue weighted by Gasteiger charge is -2.33. The summed E-state index contributed by atoms with van der Waals surface area (Å²) in [6.45, 7) is 0.00333. The molecule has 0 spiro atoms. The first kappa shape index (κ1) is 29.4. The number of carbonyl (C=O) groups is 2. The maximum atomic E-state index is 14.8. The Morgan fingerprint density at radius 2 is 1.67 bits per heavy atom. The fourth-order valence-corrected chi connectivity index (χ4v) is 6.35. The van der Waals surface area contributed by atoms with Crippen LogP contribution in [0.5, 0.6) is 0 Å². The number of nitrogens with one attached hydrogen (secondary N) is 1. The first-order chi connectivity index (χ1) is 18.9. The number of halogens is 3. The second-order valence-corrected chi connectivity index (χ2v) is 11.7. The fraction of sp³-hybridized carbons (Fsp3) is 0.355. The molecule has 0 saturated heterocycles. The number of nitrogens with zero attached hydrogens (tertiary/aromatic N) is 1. The summed E-state index contributed by atoms with van der Waals surface area (Å²) in [5, 5.41) is 4.30. The number of thioether (sulfide) groups is 1. The van der Waals surface area contributed by atoms with E-state index in [2.05, 4.69) is 5.32 Å². The zero-order valence-electron chi connectivity index (χ0n) is 21.8. The van der Waals surface area contributed by atoms with E-state index >= 15 is 0 Å². The van der Waals surface area contributed by atoms with Gasteiger partial charge in [0.25, 0.3) is 0 Å². The molecule has 1 N–H and O–H groups in total. The Kier molecular flexibility index (Phi) is 11.1. The molecule has 1 atom stereocenters. The quantitative estimate of drug-likeness (QED) is 0.254. The molecule has 1 aliphatic rings.